The van der Waals surface area contributed by atoms with Crippen molar-refractivity contribution in [1.82, 2.24) is 0 Å². The predicted molar refractivity (Wildman–Crippen MR) is 52.6 cm³/mol. The average molecular weight is 204 g/mol. The topological polar surface area (TPSA) is 43.4 Å². The summed E-state index contributed by atoms with van der Waals surface area (Å²) in [7, 11) is 0. The molecule has 3 nitrogen and oxygen atoms in total. The Balaban J connectivity index is 1.79. The molecule has 0 aromatic rings. The smallest absolute Gasteiger partial charge is 0.314 e. The summed E-state index contributed by atoms with van der Waals surface area (Å²) in [5, 5.41) is 0. The molecule has 2 atom stereocenters. The lowest BCUT2D eigenvalue weighted by molar-refractivity contribution is -0.164. The molecule has 0 bridgehead atoms. The fourth-order valence-electron chi connectivity index (χ4n) is 2.38. The summed E-state index contributed by atoms with van der Waals surface area (Å²) in [5.74, 6) is 0.668. The van der Waals surface area contributed by atoms with Gasteiger partial charge in [0.25, 0.3) is 0 Å². The highest BCUT2D eigenvalue weighted by Gasteiger charge is 2.37. The zero-order valence-electron chi connectivity index (χ0n) is 8.31. The SMILES string of the molecule is O=C1CC(C2=CC3CC3C=C2)CC(=O)O1. The van der Waals surface area contributed by atoms with Crippen LogP contribution in [0.5, 0.6) is 0 Å². The Kier molecular flexibility index (Phi) is 1.81. The zero-order chi connectivity index (χ0) is 10.4. The molecule has 78 valence electrons. The summed E-state index contributed by atoms with van der Waals surface area (Å²) in [6.07, 6.45) is 8.42. The number of cyclic esters (lactones) is 2. The molecule has 1 heterocycles. The van der Waals surface area contributed by atoms with Crippen molar-refractivity contribution in [3.05, 3.63) is 23.8 Å². The summed E-state index contributed by atoms with van der Waals surface area (Å²) in [6.45, 7) is 0. The Labute approximate surface area is 87.8 Å². The quantitative estimate of drug-likeness (QED) is 0.481. The van der Waals surface area contributed by atoms with Gasteiger partial charge in [0.2, 0.25) is 0 Å². The summed E-state index contributed by atoms with van der Waals surface area (Å²) < 4.78 is 4.52. The highest BCUT2D eigenvalue weighted by atomic mass is 16.6. The molecule has 1 saturated heterocycles. The van der Waals surface area contributed by atoms with Crippen LogP contribution in [0, 0.1) is 17.8 Å². The van der Waals surface area contributed by atoms with Crippen molar-refractivity contribution in [2.45, 2.75) is 19.3 Å². The number of rotatable bonds is 1. The van der Waals surface area contributed by atoms with Crippen molar-refractivity contribution in [1.29, 1.82) is 0 Å². The molecule has 0 amide bonds. The number of hydrogen-bond acceptors (Lipinski definition) is 3. The Hall–Kier alpha value is -1.38. The van der Waals surface area contributed by atoms with Crippen molar-refractivity contribution < 1.29 is 14.3 Å². The maximum atomic E-state index is 11.1. The fourth-order valence-corrected chi connectivity index (χ4v) is 2.38. The van der Waals surface area contributed by atoms with Crippen LogP contribution in [-0.2, 0) is 14.3 Å². The molecule has 2 fully saturated rings. The van der Waals surface area contributed by atoms with Crippen molar-refractivity contribution in [2.24, 2.45) is 17.8 Å². The Morgan fingerprint density at radius 1 is 1.13 bits per heavy atom. The molecule has 0 aromatic heterocycles. The molecule has 1 aliphatic heterocycles. The second-order valence-electron chi connectivity index (χ2n) is 4.54. The van der Waals surface area contributed by atoms with Crippen molar-refractivity contribution in [2.75, 3.05) is 0 Å². The van der Waals surface area contributed by atoms with Crippen LogP contribution in [0.1, 0.15) is 19.3 Å². The fraction of sp³-hybridized carbons (Fsp3) is 0.500. The van der Waals surface area contributed by atoms with E-state index in [-0.39, 0.29) is 17.9 Å². The molecular weight excluding hydrogens is 192 g/mol. The molecule has 15 heavy (non-hydrogen) atoms. The third-order valence-corrected chi connectivity index (χ3v) is 3.36. The Morgan fingerprint density at radius 2 is 1.87 bits per heavy atom. The molecule has 3 aliphatic rings. The summed E-state index contributed by atoms with van der Waals surface area (Å²) in [4.78, 5) is 22.2. The number of hydrogen-bond donors (Lipinski definition) is 0. The van der Waals surface area contributed by atoms with Gasteiger partial charge in [-0.25, -0.2) is 0 Å². The summed E-state index contributed by atoms with van der Waals surface area (Å²) >= 11 is 0. The summed E-state index contributed by atoms with van der Waals surface area (Å²) in [6, 6.07) is 0. The van der Waals surface area contributed by atoms with Crippen LogP contribution in [0.3, 0.4) is 0 Å². The molecule has 3 heteroatoms. The number of fused-ring (bicyclic) bond motifs is 1. The van der Waals surface area contributed by atoms with Gasteiger partial charge in [-0.1, -0.05) is 18.2 Å². The first-order chi connectivity index (χ1) is 7.22. The van der Waals surface area contributed by atoms with Crippen LogP contribution in [0.15, 0.2) is 23.8 Å². The molecule has 0 N–H and O–H groups in total. The standard InChI is InChI=1S/C12H12O3/c13-11-5-10(6-12(14)15-11)8-2-1-7-3-9(7)4-8/h1-2,4,7,9-10H,3,5-6H2. The maximum absolute atomic E-state index is 11.1. The number of allylic oxidation sites excluding steroid dienone is 4. The molecule has 2 unspecified atom stereocenters. The predicted octanol–water partition coefficient (Wildman–Crippen LogP) is 1.60. The van der Waals surface area contributed by atoms with E-state index in [1.165, 1.54) is 6.42 Å². The molecule has 3 rings (SSSR count). The van der Waals surface area contributed by atoms with E-state index in [0.717, 1.165) is 11.5 Å². The second-order valence-corrected chi connectivity index (χ2v) is 4.54. The minimum atomic E-state index is -0.386. The first-order valence-corrected chi connectivity index (χ1v) is 5.36. The van der Waals surface area contributed by atoms with Crippen LogP contribution in [0.4, 0.5) is 0 Å². The van der Waals surface area contributed by atoms with E-state index in [1.54, 1.807) is 0 Å². The minimum absolute atomic E-state index is 0.0524. The average Bonchev–Trinajstić information content (AvgIpc) is 2.93. The van der Waals surface area contributed by atoms with Crippen LogP contribution in [-0.4, -0.2) is 11.9 Å². The van der Waals surface area contributed by atoms with Crippen molar-refractivity contribution >= 4 is 11.9 Å². The Morgan fingerprint density at radius 3 is 2.53 bits per heavy atom. The zero-order valence-corrected chi connectivity index (χ0v) is 8.31. The lowest BCUT2D eigenvalue weighted by Crippen LogP contribution is -2.26. The van der Waals surface area contributed by atoms with Gasteiger partial charge in [-0.3, -0.25) is 9.59 Å². The van der Waals surface area contributed by atoms with Crippen molar-refractivity contribution in [3.8, 4) is 0 Å². The minimum Gasteiger partial charge on any atom is -0.393 e. The molecule has 1 saturated carbocycles. The monoisotopic (exact) mass is 204 g/mol. The molecule has 0 spiro atoms. The largest absolute Gasteiger partial charge is 0.393 e. The number of carbonyl (C=O) groups is 2. The molecule has 2 aliphatic carbocycles. The third-order valence-electron chi connectivity index (χ3n) is 3.36. The van der Waals surface area contributed by atoms with Gasteiger partial charge >= 0.3 is 11.9 Å². The number of carbonyl (C=O) groups excluding carboxylic acids is 2. The highest BCUT2D eigenvalue weighted by Crippen LogP contribution is 2.46. The first-order valence-electron chi connectivity index (χ1n) is 5.36. The van der Waals surface area contributed by atoms with Gasteiger partial charge < -0.3 is 4.74 Å². The lowest BCUT2D eigenvalue weighted by Gasteiger charge is -2.22. The van der Waals surface area contributed by atoms with E-state index >= 15 is 0 Å². The van der Waals surface area contributed by atoms with E-state index in [0.29, 0.717) is 18.8 Å². The van der Waals surface area contributed by atoms with E-state index < -0.39 is 0 Å². The van der Waals surface area contributed by atoms with Gasteiger partial charge in [0.1, 0.15) is 0 Å². The van der Waals surface area contributed by atoms with Gasteiger partial charge in [-0.15, -0.1) is 0 Å². The van der Waals surface area contributed by atoms with Crippen LogP contribution >= 0.6 is 0 Å². The maximum Gasteiger partial charge on any atom is 0.314 e. The van der Waals surface area contributed by atoms with E-state index in [9.17, 15) is 9.59 Å². The highest BCUT2D eigenvalue weighted by molar-refractivity contribution is 5.89. The molecular formula is C12H12O3. The normalized spacial score (nSPS) is 34.5. The van der Waals surface area contributed by atoms with Gasteiger partial charge in [0.05, 0.1) is 12.8 Å². The Bertz CT molecular complexity index is 376. The second kappa shape index (κ2) is 3.05. The van der Waals surface area contributed by atoms with Crippen molar-refractivity contribution in [3.63, 3.8) is 0 Å². The molecule has 0 aromatic carbocycles. The van der Waals surface area contributed by atoms with Crippen LogP contribution in [0.2, 0.25) is 0 Å². The molecule has 0 radical (unpaired) electrons. The van der Waals surface area contributed by atoms with E-state index in [1.807, 2.05) is 0 Å². The van der Waals surface area contributed by atoms with Gasteiger partial charge in [-0.2, -0.15) is 0 Å². The van der Waals surface area contributed by atoms with E-state index in [2.05, 4.69) is 23.0 Å². The van der Waals surface area contributed by atoms with Gasteiger partial charge in [-0.05, 0) is 23.8 Å². The van der Waals surface area contributed by atoms with Crippen LogP contribution < -0.4 is 0 Å². The van der Waals surface area contributed by atoms with Crippen LogP contribution in [0.25, 0.3) is 0 Å². The van der Waals surface area contributed by atoms with Gasteiger partial charge in [0.15, 0.2) is 0 Å². The summed E-state index contributed by atoms with van der Waals surface area (Å²) in [5.41, 5.74) is 1.15. The lowest BCUT2D eigenvalue weighted by atomic mass is 9.88. The van der Waals surface area contributed by atoms with Gasteiger partial charge in [0, 0.05) is 5.92 Å². The number of ether oxygens (including phenoxy) is 1. The first kappa shape index (κ1) is 8.89. The third kappa shape index (κ3) is 1.62. The number of esters is 2. The van der Waals surface area contributed by atoms with E-state index in [4.69, 9.17) is 0 Å².